The molecule has 0 spiro atoms. The van der Waals surface area contributed by atoms with E-state index < -0.39 is 0 Å². The molecule has 0 atom stereocenters. The largest absolute Gasteiger partial charge is 0.462 e. The fourth-order valence-electron chi connectivity index (χ4n) is 3.22. The van der Waals surface area contributed by atoms with Gasteiger partial charge < -0.3 is 15.0 Å². The number of hydrogen-bond donors (Lipinski definition) is 1. The van der Waals surface area contributed by atoms with Gasteiger partial charge in [-0.15, -0.1) is 0 Å². The minimum atomic E-state index is -0.344. The van der Waals surface area contributed by atoms with Gasteiger partial charge in [-0.1, -0.05) is 18.2 Å². The lowest BCUT2D eigenvalue weighted by Crippen LogP contribution is -2.08. The Morgan fingerprint density at radius 3 is 2.70 bits per heavy atom. The van der Waals surface area contributed by atoms with Crippen molar-refractivity contribution in [2.24, 2.45) is 0 Å². The molecule has 0 saturated heterocycles. The van der Waals surface area contributed by atoms with Gasteiger partial charge in [0.15, 0.2) is 5.65 Å². The number of benzene rings is 2. The second kappa shape index (κ2) is 8.24. The Labute approximate surface area is 175 Å². The maximum Gasteiger partial charge on any atom is 0.338 e. The lowest BCUT2D eigenvalue weighted by Gasteiger charge is -2.13. The highest BCUT2D eigenvalue weighted by Gasteiger charge is 2.16. The van der Waals surface area contributed by atoms with E-state index in [0.717, 1.165) is 34.1 Å². The molecule has 0 radical (unpaired) electrons. The number of esters is 1. The SMILES string of the molecule is CCOC(=O)c1cccc(Nc2c(-c3ccc(N(C)C)cc3)nc3cnccn23)c1. The van der Waals surface area contributed by atoms with Gasteiger partial charge in [0.2, 0.25) is 0 Å². The molecule has 4 aromatic rings. The second-order valence-corrected chi connectivity index (χ2v) is 6.98. The number of carbonyl (C=O) groups excluding carboxylic acids is 1. The number of ether oxygens (including phenoxy) is 1. The van der Waals surface area contributed by atoms with E-state index in [2.05, 4.69) is 27.3 Å². The molecule has 2 aromatic heterocycles. The van der Waals surface area contributed by atoms with Crippen LogP contribution in [0.3, 0.4) is 0 Å². The summed E-state index contributed by atoms with van der Waals surface area (Å²) in [6, 6.07) is 15.5. The molecular formula is C23H23N5O2. The molecule has 0 amide bonds. The van der Waals surface area contributed by atoms with Crippen molar-refractivity contribution in [1.82, 2.24) is 14.4 Å². The van der Waals surface area contributed by atoms with Gasteiger partial charge in [0.05, 0.1) is 18.4 Å². The van der Waals surface area contributed by atoms with Gasteiger partial charge in [-0.3, -0.25) is 9.38 Å². The lowest BCUT2D eigenvalue weighted by molar-refractivity contribution is 0.0526. The van der Waals surface area contributed by atoms with Gasteiger partial charge in [-0.2, -0.15) is 0 Å². The molecule has 2 heterocycles. The zero-order valence-corrected chi connectivity index (χ0v) is 17.2. The number of hydrogen-bond acceptors (Lipinski definition) is 6. The van der Waals surface area contributed by atoms with Crippen LogP contribution in [0.2, 0.25) is 0 Å². The Balaban J connectivity index is 1.76. The number of fused-ring (bicyclic) bond motifs is 1. The van der Waals surface area contributed by atoms with Crippen LogP contribution in [0.15, 0.2) is 67.1 Å². The molecule has 0 unspecified atom stereocenters. The van der Waals surface area contributed by atoms with Crippen LogP contribution >= 0.6 is 0 Å². The van der Waals surface area contributed by atoms with Crippen LogP contribution in [0, 0.1) is 0 Å². The van der Waals surface area contributed by atoms with Crippen LogP contribution < -0.4 is 10.2 Å². The summed E-state index contributed by atoms with van der Waals surface area (Å²) < 4.78 is 7.06. The maximum absolute atomic E-state index is 12.1. The summed E-state index contributed by atoms with van der Waals surface area (Å²) in [5, 5.41) is 3.42. The summed E-state index contributed by atoms with van der Waals surface area (Å²) in [5.41, 5.74) is 4.89. The van der Waals surface area contributed by atoms with Crippen molar-refractivity contribution < 1.29 is 9.53 Å². The van der Waals surface area contributed by atoms with Gasteiger partial charge in [-0.05, 0) is 37.3 Å². The highest BCUT2D eigenvalue weighted by atomic mass is 16.5. The molecule has 0 aliphatic rings. The fourth-order valence-corrected chi connectivity index (χ4v) is 3.22. The van der Waals surface area contributed by atoms with E-state index in [4.69, 9.17) is 9.72 Å². The van der Waals surface area contributed by atoms with E-state index in [1.807, 2.05) is 49.0 Å². The highest BCUT2D eigenvalue weighted by Crippen LogP contribution is 2.32. The molecule has 0 aliphatic carbocycles. The Hall–Kier alpha value is -3.87. The number of carbonyl (C=O) groups is 1. The number of anilines is 3. The summed E-state index contributed by atoms with van der Waals surface area (Å²) in [4.78, 5) is 23.1. The number of imidazole rings is 1. The van der Waals surface area contributed by atoms with Crippen LogP contribution in [0.1, 0.15) is 17.3 Å². The summed E-state index contributed by atoms with van der Waals surface area (Å²) in [5.74, 6) is 0.453. The third-order valence-corrected chi connectivity index (χ3v) is 4.72. The van der Waals surface area contributed by atoms with Crippen LogP contribution in [0.25, 0.3) is 16.9 Å². The third-order valence-electron chi connectivity index (χ3n) is 4.72. The van der Waals surface area contributed by atoms with Gasteiger partial charge in [0.1, 0.15) is 11.5 Å². The number of rotatable bonds is 6. The van der Waals surface area contributed by atoms with E-state index in [1.165, 1.54) is 0 Å². The van der Waals surface area contributed by atoms with E-state index in [0.29, 0.717) is 12.2 Å². The molecule has 30 heavy (non-hydrogen) atoms. The summed E-state index contributed by atoms with van der Waals surface area (Å²) >= 11 is 0. The molecule has 152 valence electrons. The molecule has 0 saturated carbocycles. The topological polar surface area (TPSA) is 71.8 Å². The molecule has 7 nitrogen and oxygen atoms in total. The average molecular weight is 401 g/mol. The molecule has 4 rings (SSSR count). The quantitative estimate of drug-likeness (QED) is 0.484. The van der Waals surface area contributed by atoms with Gasteiger partial charge in [0.25, 0.3) is 0 Å². The minimum Gasteiger partial charge on any atom is -0.462 e. The smallest absolute Gasteiger partial charge is 0.338 e. The van der Waals surface area contributed by atoms with E-state index >= 15 is 0 Å². The first kappa shape index (κ1) is 19.4. The first-order valence-electron chi connectivity index (χ1n) is 9.71. The summed E-state index contributed by atoms with van der Waals surface area (Å²) in [7, 11) is 4.02. The van der Waals surface area contributed by atoms with Crippen molar-refractivity contribution >= 4 is 28.8 Å². The van der Waals surface area contributed by atoms with Crippen LogP contribution in [-0.2, 0) is 4.74 Å². The maximum atomic E-state index is 12.1. The number of nitrogens with zero attached hydrogens (tertiary/aromatic N) is 4. The number of nitrogens with one attached hydrogen (secondary N) is 1. The van der Waals surface area contributed by atoms with Crippen molar-refractivity contribution in [3.05, 3.63) is 72.7 Å². The molecule has 0 fully saturated rings. The summed E-state index contributed by atoms with van der Waals surface area (Å²) in [6.07, 6.45) is 5.29. The van der Waals surface area contributed by atoms with Gasteiger partial charge in [-0.25, -0.2) is 9.78 Å². The zero-order chi connectivity index (χ0) is 21.1. The van der Waals surface area contributed by atoms with Crippen molar-refractivity contribution in [2.45, 2.75) is 6.92 Å². The Morgan fingerprint density at radius 2 is 1.97 bits per heavy atom. The monoisotopic (exact) mass is 401 g/mol. The van der Waals surface area contributed by atoms with Crippen molar-refractivity contribution in [3.8, 4) is 11.3 Å². The van der Waals surface area contributed by atoms with Gasteiger partial charge in [0, 0.05) is 43.4 Å². The van der Waals surface area contributed by atoms with E-state index in [9.17, 15) is 4.79 Å². The molecule has 0 bridgehead atoms. The van der Waals surface area contributed by atoms with Crippen molar-refractivity contribution in [1.29, 1.82) is 0 Å². The Kier molecular flexibility index (Phi) is 5.34. The van der Waals surface area contributed by atoms with E-state index in [1.54, 1.807) is 31.5 Å². The lowest BCUT2D eigenvalue weighted by atomic mass is 10.1. The standard InChI is InChI=1S/C23H23N5O2/c1-4-30-23(29)17-6-5-7-18(14-17)25-22-21(26-20-15-24-12-13-28(20)22)16-8-10-19(11-9-16)27(2)3/h5-15,25H,4H2,1-3H3. The van der Waals surface area contributed by atoms with Gasteiger partial charge >= 0.3 is 5.97 Å². The molecule has 2 aromatic carbocycles. The Morgan fingerprint density at radius 1 is 1.17 bits per heavy atom. The fraction of sp³-hybridized carbons (Fsp3) is 0.174. The van der Waals surface area contributed by atoms with Crippen LogP contribution in [-0.4, -0.2) is 41.0 Å². The Bertz CT molecular complexity index is 1180. The first-order chi connectivity index (χ1) is 14.6. The molecule has 0 aliphatic heterocycles. The summed E-state index contributed by atoms with van der Waals surface area (Å²) in [6.45, 7) is 2.13. The second-order valence-electron chi connectivity index (χ2n) is 6.98. The predicted octanol–water partition coefficient (Wildman–Crippen LogP) is 4.38. The molecular weight excluding hydrogens is 378 g/mol. The van der Waals surface area contributed by atoms with Crippen molar-refractivity contribution in [2.75, 3.05) is 30.9 Å². The first-order valence-corrected chi connectivity index (χ1v) is 9.71. The van der Waals surface area contributed by atoms with Crippen molar-refractivity contribution in [3.63, 3.8) is 0 Å². The normalized spacial score (nSPS) is 10.8. The highest BCUT2D eigenvalue weighted by molar-refractivity contribution is 5.91. The molecule has 7 heteroatoms. The van der Waals surface area contributed by atoms with E-state index in [-0.39, 0.29) is 5.97 Å². The van der Waals surface area contributed by atoms with Crippen LogP contribution in [0.4, 0.5) is 17.2 Å². The average Bonchev–Trinajstić information content (AvgIpc) is 3.12. The minimum absolute atomic E-state index is 0.337. The van der Waals surface area contributed by atoms with Crippen LogP contribution in [0.5, 0.6) is 0 Å². The molecule has 1 N–H and O–H groups in total. The zero-order valence-electron chi connectivity index (χ0n) is 17.2. The third kappa shape index (κ3) is 3.82. The predicted molar refractivity (Wildman–Crippen MR) is 118 cm³/mol. The number of aromatic nitrogens is 3.